The molecule has 1 aromatic carbocycles. The van der Waals surface area contributed by atoms with Crippen LogP contribution in [0.5, 0.6) is 0 Å². The first-order valence-electron chi connectivity index (χ1n) is 6.78. The molecule has 1 amide bonds. The van der Waals surface area contributed by atoms with Gasteiger partial charge in [-0.15, -0.1) is 0 Å². The van der Waals surface area contributed by atoms with Crippen LogP contribution in [-0.2, 0) is 6.42 Å². The van der Waals surface area contributed by atoms with Gasteiger partial charge in [0.25, 0.3) is 5.91 Å². The second kappa shape index (κ2) is 6.70. The first-order valence-corrected chi connectivity index (χ1v) is 6.78. The SMILES string of the molecule is CCCCc1ccc(NC(=O)c2cccc(=O)[nH]2)cc1. The van der Waals surface area contributed by atoms with Crippen LogP contribution in [0.1, 0.15) is 35.8 Å². The van der Waals surface area contributed by atoms with E-state index in [2.05, 4.69) is 17.2 Å². The number of aryl methyl sites for hydroxylation is 1. The highest BCUT2D eigenvalue weighted by Gasteiger charge is 2.06. The summed E-state index contributed by atoms with van der Waals surface area (Å²) in [5.74, 6) is -0.316. The molecule has 0 aliphatic rings. The number of benzene rings is 1. The van der Waals surface area contributed by atoms with Crippen molar-refractivity contribution < 1.29 is 4.79 Å². The van der Waals surface area contributed by atoms with Crippen molar-refractivity contribution in [1.82, 2.24) is 4.98 Å². The zero-order valence-corrected chi connectivity index (χ0v) is 11.5. The molecule has 0 spiro atoms. The second-order valence-electron chi connectivity index (χ2n) is 4.68. The molecule has 1 aromatic heterocycles. The Kier molecular flexibility index (Phi) is 4.71. The average molecular weight is 270 g/mol. The van der Waals surface area contributed by atoms with Crippen LogP contribution in [-0.4, -0.2) is 10.9 Å². The Morgan fingerprint density at radius 1 is 1.15 bits per heavy atom. The van der Waals surface area contributed by atoms with Gasteiger partial charge in [0.15, 0.2) is 0 Å². The van der Waals surface area contributed by atoms with E-state index in [1.54, 1.807) is 12.1 Å². The zero-order valence-electron chi connectivity index (χ0n) is 11.5. The minimum Gasteiger partial charge on any atom is -0.321 e. The first-order chi connectivity index (χ1) is 9.69. The third-order valence-electron chi connectivity index (χ3n) is 3.04. The molecule has 4 heteroatoms. The summed E-state index contributed by atoms with van der Waals surface area (Å²) in [7, 11) is 0. The van der Waals surface area contributed by atoms with E-state index in [0.29, 0.717) is 0 Å². The van der Waals surface area contributed by atoms with Gasteiger partial charge in [0.2, 0.25) is 5.56 Å². The van der Waals surface area contributed by atoms with E-state index in [9.17, 15) is 9.59 Å². The van der Waals surface area contributed by atoms with Crippen molar-refractivity contribution in [2.75, 3.05) is 5.32 Å². The van der Waals surface area contributed by atoms with Crippen LogP contribution in [0.15, 0.2) is 47.3 Å². The van der Waals surface area contributed by atoms with E-state index >= 15 is 0 Å². The van der Waals surface area contributed by atoms with E-state index in [1.165, 1.54) is 18.1 Å². The quantitative estimate of drug-likeness (QED) is 0.877. The molecule has 0 radical (unpaired) electrons. The first kappa shape index (κ1) is 14.1. The lowest BCUT2D eigenvalue weighted by molar-refractivity contribution is 0.102. The van der Waals surface area contributed by atoms with Crippen molar-refractivity contribution in [3.8, 4) is 0 Å². The Morgan fingerprint density at radius 2 is 1.90 bits per heavy atom. The van der Waals surface area contributed by atoms with Crippen LogP contribution in [0.3, 0.4) is 0 Å². The second-order valence-corrected chi connectivity index (χ2v) is 4.68. The van der Waals surface area contributed by atoms with Gasteiger partial charge in [-0.25, -0.2) is 0 Å². The largest absolute Gasteiger partial charge is 0.321 e. The van der Waals surface area contributed by atoms with Crippen molar-refractivity contribution in [2.24, 2.45) is 0 Å². The molecule has 104 valence electrons. The molecule has 20 heavy (non-hydrogen) atoms. The number of amides is 1. The number of carbonyl (C=O) groups is 1. The van der Waals surface area contributed by atoms with E-state index in [-0.39, 0.29) is 17.2 Å². The van der Waals surface area contributed by atoms with Gasteiger partial charge in [-0.05, 0) is 36.6 Å². The maximum Gasteiger partial charge on any atom is 0.272 e. The zero-order chi connectivity index (χ0) is 14.4. The van der Waals surface area contributed by atoms with Gasteiger partial charge >= 0.3 is 0 Å². The number of aromatic nitrogens is 1. The van der Waals surface area contributed by atoms with Crippen LogP contribution in [0, 0.1) is 0 Å². The smallest absolute Gasteiger partial charge is 0.272 e. The molecule has 4 nitrogen and oxygen atoms in total. The Balaban J connectivity index is 2.02. The lowest BCUT2D eigenvalue weighted by atomic mass is 10.1. The molecule has 0 aliphatic carbocycles. The number of H-pyrrole nitrogens is 1. The molecule has 1 heterocycles. The predicted octanol–water partition coefficient (Wildman–Crippen LogP) is 2.97. The van der Waals surface area contributed by atoms with Gasteiger partial charge < -0.3 is 10.3 Å². The van der Waals surface area contributed by atoms with Gasteiger partial charge in [0, 0.05) is 11.8 Å². The Labute approximate surface area is 117 Å². The normalized spacial score (nSPS) is 10.2. The third-order valence-corrected chi connectivity index (χ3v) is 3.04. The third kappa shape index (κ3) is 3.82. The standard InChI is InChI=1S/C16H18N2O2/c1-2-3-5-12-8-10-13(11-9-12)17-16(20)14-6-4-7-15(19)18-14/h4,6-11H,2-3,5H2,1H3,(H,17,20)(H,18,19). The number of unbranched alkanes of at least 4 members (excludes halogenated alkanes) is 1. The summed E-state index contributed by atoms with van der Waals surface area (Å²) >= 11 is 0. The topological polar surface area (TPSA) is 62.0 Å². The van der Waals surface area contributed by atoms with Gasteiger partial charge in [0.05, 0.1) is 0 Å². The van der Waals surface area contributed by atoms with E-state index < -0.39 is 0 Å². The minimum absolute atomic E-state index is 0.257. The van der Waals surface area contributed by atoms with Crippen LogP contribution < -0.4 is 10.9 Å². The number of pyridine rings is 1. The predicted molar refractivity (Wildman–Crippen MR) is 80.1 cm³/mol. The van der Waals surface area contributed by atoms with Gasteiger partial charge in [-0.2, -0.15) is 0 Å². The molecular weight excluding hydrogens is 252 g/mol. The number of aromatic amines is 1. The fraction of sp³-hybridized carbons (Fsp3) is 0.250. The van der Waals surface area contributed by atoms with Crippen LogP contribution >= 0.6 is 0 Å². The fourth-order valence-corrected chi connectivity index (χ4v) is 1.91. The highest BCUT2D eigenvalue weighted by molar-refractivity contribution is 6.02. The molecule has 2 aromatic rings. The Hall–Kier alpha value is -2.36. The Morgan fingerprint density at radius 3 is 2.55 bits per heavy atom. The number of nitrogens with one attached hydrogen (secondary N) is 2. The number of anilines is 1. The van der Waals surface area contributed by atoms with Gasteiger partial charge in [-0.3, -0.25) is 9.59 Å². The van der Waals surface area contributed by atoms with Crippen LogP contribution in [0.4, 0.5) is 5.69 Å². The molecule has 0 unspecified atom stereocenters. The maximum atomic E-state index is 11.9. The number of hydrogen-bond donors (Lipinski definition) is 2. The van der Waals surface area contributed by atoms with Crippen molar-refractivity contribution in [3.63, 3.8) is 0 Å². The summed E-state index contributed by atoms with van der Waals surface area (Å²) in [4.78, 5) is 25.6. The number of hydrogen-bond acceptors (Lipinski definition) is 2. The number of carbonyl (C=O) groups excluding carboxylic acids is 1. The summed E-state index contributed by atoms with van der Waals surface area (Å²) in [5.41, 5.74) is 1.96. The van der Waals surface area contributed by atoms with Crippen molar-refractivity contribution in [1.29, 1.82) is 0 Å². The molecule has 0 fully saturated rings. The molecule has 0 saturated carbocycles. The summed E-state index contributed by atoms with van der Waals surface area (Å²) < 4.78 is 0. The van der Waals surface area contributed by atoms with Gasteiger partial charge in [-0.1, -0.05) is 31.5 Å². The average Bonchev–Trinajstić information content (AvgIpc) is 2.46. The summed E-state index contributed by atoms with van der Waals surface area (Å²) in [6.07, 6.45) is 3.38. The van der Waals surface area contributed by atoms with E-state index in [1.807, 2.05) is 24.3 Å². The van der Waals surface area contributed by atoms with Crippen molar-refractivity contribution in [2.45, 2.75) is 26.2 Å². The lowest BCUT2D eigenvalue weighted by Gasteiger charge is -2.06. The molecule has 2 N–H and O–H groups in total. The molecule has 0 saturated heterocycles. The number of rotatable bonds is 5. The summed E-state index contributed by atoms with van der Waals surface area (Å²) in [6, 6.07) is 12.3. The lowest BCUT2D eigenvalue weighted by Crippen LogP contribution is -2.17. The molecular formula is C16H18N2O2. The van der Waals surface area contributed by atoms with Crippen molar-refractivity contribution >= 4 is 11.6 Å². The van der Waals surface area contributed by atoms with Crippen LogP contribution in [0.2, 0.25) is 0 Å². The minimum atomic E-state index is -0.316. The van der Waals surface area contributed by atoms with Crippen molar-refractivity contribution in [3.05, 3.63) is 64.1 Å². The van der Waals surface area contributed by atoms with Crippen LogP contribution in [0.25, 0.3) is 0 Å². The highest BCUT2D eigenvalue weighted by atomic mass is 16.2. The molecule has 0 atom stereocenters. The fourth-order valence-electron chi connectivity index (χ4n) is 1.91. The van der Waals surface area contributed by atoms with E-state index in [0.717, 1.165) is 18.5 Å². The molecule has 0 bridgehead atoms. The van der Waals surface area contributed by atoms with Gasteiger partial charge in [0.1, 0.15) is 5.69 Å². The monoisotopic (exact) mass is 270 g/mol. The summed E-state index contributed by atoms with van der Waals surface area (Å²) in [6.45, 7) is 2.16. The Bertz CT molecular complexity index is 629. The maximum absolute atomic E-state index is 11.9. The highest BCUT2D eigenvalue weighted by Crippen LogP contribution is 2.12. The molecule has 2 rings (SSSR count). The van der Waals surface area contributed by atoms with E-state index in [4.69, 9.17) is 0 Å². The summed E-state index contributed by atoms with van der Waals surface area (Å²) in [5, 5.41) is 2.76. The molecule has 0 aliphatic heterocycles.